The Morgan fingerprint density at radius 3 is 2.11 bits per heavy atom. The van der Waals surface area contributed by atoms with E-state index in [-0.39, 0.29) is 5.91 Å². The highest BCUT2D eigenvalue weighted by molar-refractivity contribution is 7.80. The molecule has 2 rings (SSSR count). The van der Waals surface area contributed by atoms with E-state index in [4.69, 9.17) is 23.8 Å². The summed E-state index contributed by atoms with van der Waals surface area (Å²) in [5, 5.41) is 0.711. The smallest absolute Gasteiger partial charge is 0.219 e. The van der Waals surface area contributed by atoms with Gasteiger partial charge in [0, 0.05) is 43.7 Å². The van der Waals surface area contributed by atoms with Crippen molar-refractivity contribution in [3.05, 3.63) is 34.9 Å². The predicted octanol–water partition coefficient (Wildman–Crippen LogP) is 2.18. The molecular formula is C13H15ClN2OS. The fourth-order valence-electron chi connectivity index (χ4n) is 2.00. The minimum absolute atomic E-state index is 0.132. The molecule has 1 aliphatic rings. The highest BCUT2D eigenvalue weighted by Crippen LogP contribution is 2.14. The van der Waals surface area contributed by atoms with Crippen LogP contribution in [0.15, 0.2) is 24.3 Å². The summed E-state index contributed by atoms with van der Waals surface area (Å²) in [6.45, 7) is 4.67. The van der Waals surface area contributed by atoms with Crippen LogP contribution in [0, 0.1) is 0 Å². The molecule has 1 amide bonds. The van der Waals surface area contributed by atoms with Crippen LogP contribution in [0.2, 0.25) is 5.02 Å². The van der Waals surface area contributed by atoms with Gasteiger partial charge in [0.2, 0.25) is 5.91 Å². The Morgan fingerprint density at radius 1 is 1.11 bits per heavy atom. The van der Waals surface area contributed by atoms with Gasteiger partial charge >= 0.3 is 0 Å². The van der Waals surface area contributed by atoms with Crippen molar-refractivity contribution in [3.63, 3.8) is 0 Å². The molecule has 0 N–H and O–H groups in total. The van der Waals surface area contributed by atoms with Crippen molar-refractivity contribution in [1.82, 2.24) is 9.80 Å². The Bertz CT molecular complexity index is 453. The molecule has 0 aliphatic carbocycles. The van der Waals surface area contributed by atoms with E-state index in [0.29, 0.717) is 5.02 Å². The van der Waals surface area contributed by atoms with E-state index in [2.05, 4.69) is 4.90 Å². The number of amides is 1. The summed E-state index contributed by atoms with van der Waals surface area (Å²) in [6, 6.07) is 7.55. The third kappa shape index (κ3) is 3.00. The molecule has 3 nitrogen and oxygen atoms in total. The molecule has 0 unspecified atom stereocenters. The Morgan fingerprint density at radius 2 is 1.61 bits per heavy atom. The number of thiocarbonyl (C=S) groups is 1. The number of benzene rings is 1. The number of halogens is 1. The van der Waals surface area contributed by atoms with E-state index in [9.17, 15) is 4.79 Å². The largest absolute Gasteiger partial charge is 0.359 e. The first-order valence-corrected chi connectivity index (χ1v) is 6.67. The molecule has 0 saturated carbocycles. The third-order valence-electron chi connectivity index (χ3n) is 3.10. The second kappa shape index (κ2) is 5.67. The first-order chi connectivity index (χ1) is 8.58. The van der Waals surface area contributed by atoms with Gasteiger partial charge in [-0.3, -0.25) is 4.79 Å². The molecule has 1 aromatic rings. The van der Waals surface area contributed by atoms with Gasteiger partial charge in [-0.25, -0.2) is 0 Å². The maximum atomic E-state index is 11.2. The number of piperazine rings is 1. The van der Waals surface area contributed by atoms with Crippen molar-refractivity contribution in [2.75, 3.05) is 26.2 Å². The van der Waals surface area contributed by atoms with Crippen LogP contribution in [0.5, 0.6) is 0 Å². The summed E-state index contributed by atoms with van der Waals surface area (Å²) in [5.74, 6) is 0.132. The first-order valence-electron chi connectivity index (χ1n) is 5.88. The van der Waals surface area contributed by atoms with Crippen molar-refractivity contribution in [1.29, 1.82) is 0 Å². The summed E-state index contributed by atoms with van der Waals surface area (Å²) in [7, 11) is 0. The standard InChI is InChI=1S/C13H15ClN2OS/c1-10(17)15-6-8-16(9-7-15)13(18)11-2-4-12(14)5-3-11/h2-5H,6-9H2,1H3. The third-order valence-corrected chi connectivity index (χ3v) is 3.85. The van der Waals surface area contributed by atoms with Gasteiger partial charge in [-0.2, -0.15) is 0 Å². The molecule has 1 fully saturated rings. The summed E-state index contributed by atoms with van der Waals surface area (Å²) >= 11 is 11.3. The SMILES string of the molecule is CC(=O)N1CCN(C(=S)c2ccc(Cl)cc2)CC1. The molecule has 0 aromatic heterocycles. The lowest BCUT2D eigenvalue weighted by molar-refractivity contribution is -0.130. The second-order valence-electron chi connectivity index (χ2n) is 4.31. The minimum atomic E-state index is 0.132. The van der Waals surface area contributed by atoms with Crippen LogP contribution in [-0.4, -0.2) is 46.9 Å². The average Bonchev–Trinajstić information content (AvgIpc) is 2.39. The molecule has 1 aromatic carbocycles. The van der Waals surface area contributed by atoms with E-state index < -0.39 is 0 Å². The van der Waals surface area contributed by atoms with Gasteiger partial charge in [-0.1, -0.05) is 36.0 Å². The van der Waals surface area contributed by atoms with Gasteiger partial charge in [0.15, 0.2) is 0 Å². The molecule has 0 radical (unpaired) electrons. The maximum Gasteiger partial charge on any atom is 0.219 e. The number of carbonyl (C=O) groups is 1. The van der Waals surface area contributed by atoms with Crippen molar-refractivity contribution in [2.45, 2.75) is 6.92 Å². The zero-order valence-corrected chi connectivity index (χ0v) is 11.8. The number of hydrogen-bond acceptors (Lipinski definition) is 2. The quantitative estimate of drug-likeness (QED) is 0.738. The monoisotopic (exact) mass is 282 g/mol. The first kappa shape index (κ1) is 13.3. The maximum absolute atomic E-state index is 11.2. The fraction of sp³-hybridized carbons (Fsp3) is 0.385. The van der Waals surface area contributed by atoms with Crippen LogP contribution in [0.1, 0.15) is 12.5 Å². The van der Waals surface area contributed by atoms with Gasteiger partial charge in [0.25, 0.3) is 0 Å². The molecule has 0 atom stereocenters. The highest BCUT2D eigenvalue weighted by Gasteiger charge is 2.20. The molecule has 18 heavy (non-hydrogen) atoms. The molecule has 1 heterocycles. The van der Waals surface area contributed by atoms with Crippen molar-refractivity contribution in [3.8, 4) is 0 Å². The van der Waals surface area contributed by atoms with E-state index in [1.165, 1.54) is 0 Å². The van der Waals surface area contributed by atoms with Crippen LogP contribution in [0.25, 0.3) is 0 Å². The number of nitrogens with zero attached hydrogens (tertiary/aromatic N) is 2. The van der Waals surface area contributed by atoms with E-state index in [1.807, 2.05) is 29.2 Å². The zero-order chi connectivity index (χ0) is 13.1. The topological polar surface area (TPSA) is 23.6 Å². The Kier molecular flexibility index (Phi) is 4.19. The molecule has 1 saturated heterocycles. The van der Waals surface area contributed by atoms with E-state index in [0.717, 1.165) is 36.7 Å². The Hall–Kier alpha value is -1.13. The summed E-state index contributed by atoms with van der Waals surface area (Å²) in [4.78, 5) is 16.1. The lowest BCUT2D eigenvalue weighted by atomic mass is 10.2. The molecule has 0 bridgehead atoms. The Labute approximate surface area is 117 Å². The predicted molar refractivity (Wildman–Crippen MR) is 77.0 cm³/mol. The van der Waals surface area contributed by atoms with Gasteiger partial charge in [-0.15, -0.1) is 0 Å². The number of rotatable bonds is 1. The molecule has 5 heteroatoms. The van der Waals surface area contributed by atoms with Crippen LogP contribution >= 0.6 is 23.8 Å². The zero-order valence-electron chi connectivity index (χ0n) is 10.2. The van der Waals surface area contributed by atoms with Crippen molar-refractivity contribution >= 4 is 34.7 Å². The summed E-state index contributed by atoms with van der Waals surface area (Å²) in [5.41, 5.74) is 1.01. The lowest BCUT2D eigenvalue weighted by Gasteiger charge is -2.35. The van der Waals surface area contributed by atoms with Crippen LogP contribution < -0.4 is 0 Å². The molecule has 0 spiro atoms. The lowest BCUT2D eigenvalue weighted by Crippen LogP contribution is -2.49. The van der Waals surface area contributed by atoms with E-state index in [1.54, 1.807) is 6.92 Å². The van der Waals surface area contributed by atoms with Gasteiger partial charge in [0.05, 0.1) is 0 Å². The summed E-state index contributed by atoms with van der Waals surface area (Å²) in [6.07, 6.45) is 0. The van der Waals surface area contributed by atoms with Gasteiger partial charge in [0.1, 0.15) is 4.99 Å². The van der Waals surface area contributed by atoms with Crippen LogP contribution in [0.4, 0.5) is 0 Å². The average molecular weight is 283 g/mol. The second-order valence-corrected chi connectivity index (χ2v) is 5.13. The summed E-state index contributed by atoms with van der Waals surface area (Å²) < 4.78 is 0. The van der Waals surface area contributed by atoms with E-state index >= 15 is 0 Å². The van der Waals surface area contributed by atoms with Crippen molar-refractivity contribution < 1.29 is 4.79 Å². The molecule has 1 aliphatic heterocycles. The van der Waals surface area contributed by atoms with Gasteiger partial charge in [-0.05, 0) is 12.1 Å². The fourth-order valence-corrected chi connectivity index (χ4v) is 2.44. The Balaban J connectivity index is 1.99. The molecular weight excluding hydrogens is 268 g/mol. The highest BCUT2D eigenvalue weighted by atomic mass is 35.5. The van der Waals surface area contributed by atoms with Crippen molar-refractivity contribution in [2.24, 2.45) is 0 Å². The minimum Gasteiger partial charge on any atom is -0.359 e. The van der Waals surface area contributed by atoms with Crippen LogP contribution in [-0.2, 0) is 4.79 Å². The molecule has 96 valence electrons. The number of carbonyl (C=O) groups excluding carboxylic acids is 1. The number of hydrogen-bond donors (Lipinski definition) is 0. The van der Waals surface area contributed by atoms with Crippen LogP contribution in [0.3, 0.4) is 0 Å². The van der Waals surface area contributed by atoms with Gasteiger partial charge < -0.3 is 9.80 Å². The normalized spacial score (nSPS) is 15.7.